The van der Waals surface area contributed by atoms with Gasteiger partial charge in [-0.2, -0.15) is 0 Å². The van der Waals surface area contributed by atoms with Crippen molar-refractivity contribution < 1.29 is 18.7 Å². The smallest absolute Gasteiger partial charge is 0.252 e. The minimum absolute atomic E-state index is 0.216. The summed E-state index contributed by atoms with van der Waals surface area (Å²) < 4.78 is 25.5. The number of aromatic nitrogens is 1. The third kappa shape index (κ3) is 5.44. The lowest BCUT2D eigenvalue weighted by Crippen LogP contribution is -2.38. The molecule has 0 aliphatic heterocycles. The SMILES string of the molecule is CCN(CC)CCN(C(=O)/C=C/c1ccc(OC)c(OC)c1)c1nc2c(F)cccc2s1. The highest BCUT2D eigenvalue weighted by Gasteiger charge is 2.20. The van der Waals surface area contributed by atoms with Gasteiger partial charge in [0.05, 0.1) is 18.9 Å². The average Bonchev–Trinajstić information content (AvgIpc) is 3.25. The van der Waals surface area contributed by atoms with Gasteiger partial charge in [-0.3, -0.25) is 9.69 Å². The number of nitrogens with zero attached hydrogens (tertiary/aromatic N) is 3. The molecule has 0 bridgehead atoms. The number of carbonyl (C=O) groups is 1. The zero-order valence-corrected chi connectivity index (χ0v) is 19.6. The highest BCUT2D eigenvalue weighted by atomic mass is 32.1. The van der Waals surface area contributed by atoms with Crippen molar-refractivity contribution in [1.29, 1.82) is 0 Å². The molecule has 170 valence electrons. The molecule has 0 radical (unpaired) electrons. The van der Waals surface area contributed by atoms with Crippen LogP contribution in [0.5, 0.6) is 11.5 Å². The molecule has 0 N–H and O–H groups in total. The quantitative estimate of drug-likeness (QED) is 0.408. The third-order valence-electron chi connectivity index (χ3n) is 5.22. The lowest BCUT2D eigenvalue weighted by molar-refractivity contribution is -0.114. The number of halogens is 1. The number of methoxy groups -OCH3 is 2. The van der Waals surface area contributed by atoms with Crippen LogP contribution in [0.4, 0.5) is 9.52 Å². The Labute approximate surface area is 191 Å². The first kappa shape index (κ1) is 23.7. The Bertz CT molecular complexity index is 1100. The van der Waals surface area contributed by atoms with Gasteiger partial charge in [-0.1, -0.05) is 37.3 Å². The second-order valence-electron chi connectivity index (χ2n) is 7.05. The Morgan fingerprint density at radius 2 is 1.84 bits per heavy atom. The topological polar surface area (TPSA) is 54.9 Å². The van der Waals surface area contributed by atoms with E-state index in [9.17, 15) is 9.18 Å². The third-order valence-corrected chi connectivity index (χ3v) is 6.26. The number of amides is 1. The van der Waals surface area contributed by atoms with Gasteiger partial charge in [-0.15, -0.1) is 0 Å². The fourth-order valence-corrected chi connectivity index (χ4v) is 4.33. The van der Waals surface area contributed by atoms with Crippen molar-refractivity contribution in [2.24, 2.45) is 0 Å². The summed E-state index contributed by atoms with van der Waals surface area (Å²) in [5, 5.41) is 0.485. The summed E-state index contributed by atoms with van der Waals surface area (Å²) in [7, 11) is 3.14. The number of benzene rings is 2. The summed E-state index contributed by atoms with van der Waals surface area (Å²) in [6.07, 6.45) is 3.23. The van der Waals surface area contributed by atoms with Gasteiger partial charge in [0.2, 0.25) is 0 Å². The van der Waals surface area contributed by atoms with Gasteiger partial charge in [-0.05, 0) is 49.0 Å². The average molecular weight is 458 g/mol. The van der Waals surface area contributed by atoms with E-state index in [1.54, 1.807) is 43.4 Å². The number of hydrogen-bond acceptors (Lipinski definition) is 6. The van der Waals surface area contributed by atoms with Crippen LogP contribution in [-0.2, 0) is 4.79 Å². The van der Waals surface area contributed by atoms with E-state index in [1.807, 2.05) is 12.1 Å². The Balaban J connectivity index is 1.88. The number of likely N-dealkylation sites (N-methyl/N-ethyl adjacent to an activating group) is 1. The van der Waals surface area contributed by atoms with Gasteiger partial charge in [0, 0.05) is 19.2 Å². The number of thiazole rings is 1. The molecule has 0 atom stereocenters. The van der Waals surface area contributed by atoms with Crippen LogP contribution < -0.4 is 14.4 Å². The van der Waals surface area contributed by atoms with Crippen molar-refractivity contribution in [1.82, 2.24) is 9.88 Å². The normalized spacial score (nSPS) is 11.4. The Hall–Kier alpha value is -2.97. The van der Waals surface area contributed by atoms with Crippen molar-refractivity contribution in [2.75, 3.05) is 45.3 Å². The number of hydrogen-bond donors (Lipinski definition) is 0. The summed E-state index contributed by atoms with van der Waals surface area (Å²) in [5.41, 5.74) is 1.09. The Morgan fingerprint density at radius 3 is 2.50 bits per heavy atom. The molecule has 0 unspecified atom stereocenters. The van der Waals surface area contributed by atoms with E-state index < -0.39 is 0 Å². The molecule has 0 saturated carbocycles. The second-order valence-corrected chi connectivity index (χ2v) is 8.06. The van der Waals surface area contributed by atoms with Crippen molar-refractivity contribution >= 4 is 38.7 Å². The van der Waals surface area contributed by atoms with E-state index in [-0.39, 0.29) is 17.2 Å². The van der Waals surface area contributed by atoms with Crippen molar-refractivity contribution in [3.05, 3.63) is 53.9 Å². The van der Waals surface area contributed by atoms with Gasteiger partial charge in [-0.25, -0.2) is 9.37 Å². The predicted molar refractivity (Wildman–Crippen MR) is 128 cm³/mol. The molecule has 6 nitrogen and oxygen atoms in total. The first-order valence-electron chi connectivity index (χ1n) is 10.5. The predicted octanol–water partition coefficient (Wildman–Crippen LogP) is 4.84. The molecular weight excluding hydrogens is 429 g/mol. The van der Waals surface area contributed by atoms with Crippen LogP contribution in [0.25, 0.3) is 16.3 Å². The van der Waals surface area contributed by atoms with Gasteiger partial charge in [0.1, 0.15) is 11.3 Å². The lowest BCUT2D eigenvalue weighted by atomic mass is 10.2. The van der Waals surface area contributed by atoms with E-state index >= 15 is 0 Å². The van der Waals surface area contributed by atoms with E-state index in [2.05, 4.69) is 23.7 Å². The summed E-state index contributed by atoms with van der Waals surface area (Å²) in [5.74, 6) is 0.601. The molecule has 1 aromatic heterocycles. The van der Waals surface area contributed by atoms with E-state index in [0.29, 0.717) is 34.4 Å². The molecule has 0 saturated heterocycles. The van der Waals surface area contributed by atoms with Crippen LogP contribution in [0.2, 0.25) is 0 Å². The minimum atomic E-state index is -0.387. The van der Waals surface area contributed by atoms with Crippen LogP contribution in [0.15, 0.2) is 42.5 Å². The molecule has 3 aromatic rings. The Morgan fingerprint density at radius 1 is 1.09 bits per heavy atom. The maximum absolute atomic E-state index is 14.2. The Kier molecular flexibility index (Phi) is 8.19. The number of rotatable bonds is 10. The van der Waals surface area contributed by atoms with E-state index in [1.165, 1.54) is 23.5 Å². The molecule has 1 amide bonds. The fraction of sp³-hybridized carbons (Fsp3) is 0.333. The molecule has 2 aromatic carbocycles. The highest BCUT2D eigenvalue weighted by Crippen LogP contribution is 2.31. The first-order chi connectivity index (χ1) is 15.5. The molecule has 8 heteroatoms. The van der Waals surface area contributed by atoms with E-state index in [0.717, 1.165) is 18.7 Å². The summed E-state index contributed by atoms with van der Waals surface area (Å²) in [6, 6.07) is 10.3. The van der Waals surface area contributed by atoms with Gasteiger partial charge in [0.25, 0.3) is 5.91 Å². The van der Waals surface area contributed by atoms with Gasteiger partial charge in [0.15, 0.2) is 16.6 Å². The van der Waals surface area contributed by atoms with Crippen LogP contribution in [0.1, 0.15) is 19.4 Å². The molecule has 0 spiro atoms. The van der Waals surface area contributed by atoms with Crippen LogP contribution in [-0.4, -0.2) is 56.2 Å². The summed E-state index contributed by atoms with van der Waals surface area (Å²) >= 11 is 1.31. The van der Waals surface area contributed by atoms with Crippen LogP contribution in [0.3, 0.4) is 0 Å². The number of anilines is 1. The van der Waals surface area contributed by atoms with Crippen LogP contribution >= 0.6 is 11.3 Å². The second kappa shape index (κ2) is 11.1. The monoisotopic (exact) mass is 457 g/mol. The molecule has 0 aliphatic rings. The van der Waals surface area contributed by atoms with Crippen LogP contribution in [0, 0.1) is 5.82 Å². The fourth-order valence-electron chi connectivity index (χ4n) is 3.31. The largest absolute Gasteiger partial charge is 0.493 e. The molecule has 3 rings (SSSR count). The maximum atomic E-state index is 14.2. The zero-order valence-electron chi connectivity index (χ0n) is 18.8. The number of carbonyl (C=O) groups excluding carboxylic acids is 1. The molecule has 0 fully saturated rings. The number of para-hydroxylation sites is 1. The van der Waals surface area contributed by atoms with E-state index in [4.69, 9.17) is 9.47 Å². The maximum Gasteiger partial charge on any atom is 0.252 e. The first-order valence-corrected chi connectivity index (χ1v) is 11.3. The highest BCUT2D eigenvalue weighted by molar-refractivity contribution is 7.22. The zero-order chi connectivity index (χ0) is 23.1. The number of fused-ring (bicyclic) bond motifs is 1. The molecule has 1 heterocycles. The lowest BCUT2D eigenvalue weighted by Gasteiger charge is -2.23. The van der Waals surface area contributed by atoms with Gasteiger partial charge >= 0.3 is 0 Å². The standard InChI is InChI=1S/C24H28FN3O3S/c1-5-27(6-2)14-15-28(24-26-23-18(25)8-7-9-21(23)32-24)22(29)13-11-17-10-12-19(30-3)20(16-17)31-4/h7-13,16H,5-6,14-15H2,1-4H3/b13-11+. The molecular formula is C24H28FN3O3S. The summed E-state index contributed by atoms with van der Waals surface area (Å²) in [4.78, 5) is 21.5. The van der Waals surface area contributed by atoms with Crippen molar-refractivity contribution in [3.63, 3.8) is 0 Å². The van der Waals surface area contributed by atoms with Crippen molar-refractivity contribution in [2.45, 2.75) is 13.8 Å². The van der Waals surface area contributed by atoms with Crippen molar-refractivity contribution in [3.8, 4) is 11.5 Å². The van der Waals surface area contributed by atoms with Gasteiger partial charge < -0.3 is 14.4 Å². The molecule has 32 heavy (non-hydrogen) atoms. The minimum Gasteiger partial charge on any atom is -0.493 e. The molecule has 0 aliphatic carbocycles. The number of ether oxygens (including phenoxy) is 2. The summed E-state index contributed by atoms with van der Waals surface area (Å²) in [6.45, 7) is 7.09.